The van der Waals surface area contributed by atoms with Crippen molar-refractivity contribution in [3.05, 3.63) is 63.2 Å². The molecular formula is C20H20N2O7. The Bertz CT molecular complexity index is 958. The summed E-state index contributed by atoms with van der Waals surface area (Å²) in [5, 5.41) is 11.2. The molecule has 0 spiro atoms. The molecule has 0 fully saturated rings. The van der Waals surface area contributed by atoms with Crippen molar-refractivity contribution in [1.82, 2.24) is 4.90 Å². The Labute approximate surface area is 166 Å². The molecule has 0 N–H and O–H groups in total. The molecule has 0 radical (unpaired) electrons. The van der Waals surface area contributed by atoms with Crippen molar-refractivity contribution in [2.45, 2.75) is 13.5 Å². The highest BCUT2D eigenvalue weighted by Gasteiger charge is 2.23. The van der Waals surface area contributed by atoms with Gasteiger partial charge in [-0.05, 0) is 19.1 Å². The first kappa shape index (κ1) is 20.1. The Hall–Kier alpha value is -3.62. The molecule has 0 aliphatic carbocycles. The molecular weight excluding hydrogens is 380 g/mol. The molecule has 1 heterocycles. The van der Waals surface area contributed by atoms with Crippen molar-refractivity contribution in [3.63, 3.8) is 0 Å². The smallest absolute Gasteiger partial charge is 0.338 e. The number of carbonyl (C=O) groups excluding carboxylic acids is 2. The molecule has 29 heavy (non-hydrogen) atoms. The summed E-state index contributed by atoms with van der Waals surface area (Å²) in [7, 11) is 1.17. The van der Waals surface area contributed by atoms with E-state index in [2.05, 4.69) is 4.74 Å². The summed E-state index contributed by atoms with van der Waals surface area (Å²) in [6.07, 6.45) is 0. The number of hydrogen-bond acceptors (Lipinski definition) is 7. The molecule has 2 aromatic carbocycles. The van der Waals surface area contributed by atoms with Gasteiger partial charge in [-0.1, -0.05) is 12.1 Å². The number of ether oxygens (including phenoxy) is 3. The summed E-state index contributed by atoms with van der Waals surface area (Å²) in [5.41, 5.74) is 0.371. The lowest BCUT2D eigenvalue weighted by Gasteiger charge is -2.25. The Morgan fingerprint density at radius 1 is 1.17 bits per heavy atom. The van der Waals surface area contributed by atoms with Crippen LogP contribution in [0.15, 0.2) is 36.4 Å². The van der Waals surface area contributed by atoms with Gasteiger partial charge >= 0.3 is 5.97 Å². The minimum atomic E-state index is -0.756. The first-order chi connectivity index (χ1) is 13.9. The maximum Gasteiger partial charge on any atom is 0.338 e. The van der Waals surface area contributed by atoms with E-state index in [1.165, 1.54) is 18.1 Å². The first-order valence-corrected chi connectivity index (χ1v) is 8.99. The molecule has 0 bridgehead atoms. The molecule has 1 aliphatic heterocycles. The quantitative estimate of drug-likeness (QED) is 0.417. The Balaban J connectivity index is 1.93. The predicted molar refractivity (Wildman–Crippen MR) is 102 cm³/mol. The molecule has 152 valence electrons. The van der Waals surface area contributed by atoms with Gasteiger partial charge in [-0.3, -0.25) is 14.9 Å². The number of carbonyl (C=O) groups is 2. The topological polar surface area (TPSA) is 108 Å². The van der Waals surface area contributed by atoms with Crippen molar-refractivity contribution in [2.75, 3.05) is 26.9 Å². The van der Waals surface area contributed by atoms with Gasteiger partial charge in [0.05, 0.1) is 17.6 Å². The van der Waals surface area contributed by atoms with Gasteiger partial charge in [-0.2, -0.15) is 0 Å². The van der Waals surface area contributed by atoms with Crippen LogP contribution in [-0.2, 0) is 11.3 Å². The second-order valence-electron chi connectivity index (χ2n) is 6.28. The second-order valence-corrected chi connectivity index (χ2v) is 6.28. The third-order valence-corrected chi connectivity index (χ3v) is 4.47. The van der Waals surface area contributed by atoms with Gasteiger partial charge in [0.2, 0.25) is 0 Å². The maximum absolute atomic E-state index is 13.1. The number of nitro benzene ring substituents is 1. The Morgan fingerprint density at radius 3 is 2.59 bits per heavy atom. The van der Waals surface area contributed by atoms with Crippen LogP contribution >= 0.6 is 0 Å². The van der Waals surface area contributed by atoms with Crippen LogP contribution in [0, 0.1) is 10.1 Å². The highest BCUT2D eigenvalue weighted by Crippen LogP contribution is 2.34. The number of hydrogen-bond donors (Lipinski definition) is 0. The number of non-ortho nitro benzene ring substituents is 1. The second kappa shape index (κ2) is 8.59. The maximum atomic E-state index is 13.1. The van der Waals surface area contributed by atoms with Crippen LogP contribution in [0.3, 0.4) is 0 Å². The largest absolute Gasteiger partial charge is 0.486 e. The number of fused-ring (bicyclic) bond motifs is 1. The van der Waals surface area contributed by atoms with Gasteiger partial charge in [0.25, 0.3) is 11.6 Å². The van der Waals surface area contributed by atoms with Crippen LogP contribution in [0.5, 0.6) is 11.5 Å². The van der Waals surface area contributed by atoms with Crippen LogP contribution in [-0.4, -0.2) is 48.6 Å². The SMILES string of the molecule is CCN(Cc1cccc2c1OCCO2)C(=O)c1cc(C(=O)OC)cc([N+](=O)[O-])c1. The molecule has 0 unspecified atom stereocenters. The lowest BCUT2D eigenvalue weighted by atomic mass is 10.1. The zero-order valence-corrected chi connectivity index (χ0v) is 16.0. The minimum absolute atomic E-state index is 0.0309. The van der Waals surface area contributed by atoms with Gasteiger partial charge in [-0.15, -0.1) is 0 Å². The van der Waals surface area contributed by atoms with Gasteiger partial charge in [0.15, 0.2) is 11.5 Å². The molecule has 0 saturated heterocycles. The van der Waals surface area contributed by atoms with E-state index < -0.39 is 16.8 Å². The Morgan fingerprint density at radius 2 is 1.90 bits per heavy atom. The van der Waals surface area contributed by atoms with E-state index in [4.69, 9.17) is 9.47 Å². The molecule has 9 nitrogen and oxygen atoms in total. The predicted octanol–water partition coefficient (Wildman–Crippen LogP) is 2.81. The van der Waals surface area contributed by atoms with Crippen LogP contribution in [0.25, 0.3) is 0 Å². The van der Waals surface area contributed by atoms with E-state index in [1.54, 1.807) is 13.0 Å². The van der Waals surface area contributed by atoms with E-state index >= 15 is 0 Å². The molecule has 9 heteroatoms. The standard InChI is InChI=1S/C20H20N2O7/c1-3-21(12-13-5-4-6-17-18(13)29-8-7-28-17)19(23)14-9-15(20(24)27-2)11-16(10-14)22(25)26/h4-6,9-11H,3,7-8,12H2,1-2H3. The van der Waals surface area contributed by atoms with Crippen molar-refractivity contribution in [1.29, 1.82) is 0 Å². The van der Waals surface area contributed by atoms with Crippen molar-refractivity contribution >= 4 is 17.6 Å². The third kappa shape index (κ3) is 4.29. The summed E-state index contributed by atoms with van der Waals surface area (Å²) in [5.74, 6) is -0.0102. The number of para-hydroxylation sites is 1. The molecule has 2 aromatic rings. The number of amides is 1. The van der Waals surface area contributed by atoms with Gasteiger partial charge in [-0.25, -0.2) is 4.79 Å². The van der Waals surface area contributed by atoms with Crippen LogP contribution in [0.1, 0.15) is 33.2 Å². The van der Waals surface area contributed by atoms with Gasteiger partial charge in [0, 0.05) is 36.3 Å². The average molecular weight is 400 g/mol. The van der Waals surface area contributed by atoms with E-state index in [0.717, 1.165) is 17.7 Å². The number of benzene rings is 2. The number of esters is 1. The summed E-state index contributed by atoms with van der Waals surface area (Å²) in [6.45, 7) is 3.23. The highest BCUT2D eigenvalue weighted by atomic mass is 16.6. The summed E-state index contributed by atoms with van der Waals surface area (Å²) in [6, 6.07) is 8.96. The zero-order chi connectivity index (χ0) is 21.0. The molecule has 0 atom stereocenters. The van der Waals surface area contributed by atoms with Crippen molar-refractivity contribution in [3.8, 4) is 11.5 Å². The summed E-state index contributed by atoms with van der Waals surface area (Å²) in [4.78, 5) is 37.0. The fourth-order valence-corrected chi connectivity index (χ4v) is 3.05. The number of nitrogens with zero attached hydrogens (tertiary/aromatic N) is 2. The highest BCUT2D eigenvalue weighted by molar-refractivity contribution is 5.99. The van der Waals surface area contributed by atoms with E-state index in [1.807, 2.05) is 12.1 Å². The lowest BCUT2D eigenvalue weighted by Crippen LogP contribution is -2.31. The first-order valence-electron chi connectivity index (χ1n) is 8.99. The van der Waals surface area contributed by atoms with E-state index in [0.29, 0.717) is 31.3 Å². The lowest BCUT2D eigenvalue weighted by molar-refractivity contribution is -0.384. The Kier molecular flexibility index (Phi) is 5.96. The van der Waals surface area contributed by atoms with E-state index in [9.17, 15) is 19.7 Å². The summed E-state index contributed by atoms with van der Waals surface area (Å²) >= 11 is 0. The fourth-order valence-electron chi connectivity index (χ4n) is 3.05. The molecule has 1 aliphatic rings. The third-order valence-electron chi connectivity index (χ3n) is 4.47. The number of rotatable bonds is 6. The van der Waals surface area contributed by atoms with E-state index in [-0.39, 0.29) is 23.4 Å². The molecule has 3 rings (SSSR count). The normalized spacial score (nSPS) is 12.2. The number of nitro groups is 1. The van der Waals surface area contributed by atoms with Gasteiger partial charge in [0.1, 0.15) is 13.2 Å². The van der Waals surface area contributed by atoms with Gasteiger partial charge < -0.3 is 19.1 Å². The average Bonchev–Trinajstić information content (AvgIpc) is 2.76. The summed E-state index contributed by atoms with van der Waals surface area (Å²) < 4.78 is 15.9. The zero-order valence-electron chi connectivity index (χ0n) is 16.0. The van der Waals surface area contributed by atoms with Crippen LogP contribution < -0.4 is 9.47 Å². The van der Waals surface area contributed by atoms with Crippen molar-refractivity contribution in [2.24, 2.45) is 0 Å². The monoisotopic (exact) mass is 400 g/mol. The van der Waals surface area contributed by atoms with Crippen molar-refractivity contribution < 1.29 is 28.7 Å². The molecule has 1 amide bonds. The minimum Gasteiger partial charge on any atom is -0.486 e. The molecule has 0 aromatic heterocycles. The molecule has 0 saturated carbocycles. The number of methoxy groups -OCH3 is 1. The van der Waals surface area contributed by atoms with Crippen LogP contribution in [0.2, 0.25) is 0 Å². The fraction of sp³-hybridized carbons (Fsp3) is 0.300. The van der Waals surface area contributed by atoms with Crippen LogP contribution in [0.4, 0.5) is 5.69 Å².